The van der Waals surface area contributed by atoms with Crippen molar-refractivity contribution in [3.63, 3.8) is 0 Å². The van der Waals surface area contributed by atoms with Crippen LogP contribution in [0.5, 0.6) is 0 Å². The summed E-state index contributed by atoms with van der Waals surface area (Å²) in [5.74, 6) is -0.458. The first-order chi connectivity index (χ1) is 14.8. The van der Waals surface area contributed by atoms with E-state index in [0.717, 1.165) is 16.7 Å². The second-order valence-corrected chi connectivity index (χ2v) is 8.29. The van der Waals surface area contributed by atoms with Gasteiger partial charge in [-0.3, -0.25) is 9.59 Å². The molecule has 1 fully saturated rings. The molecular formula is C24H28N4O3. The Morgan fingerprint density at radius 3 is 2.29 bits per heavy atom. The van der Waals surface area contributed by atoms with E-state index in [0.29, 0.717) is 5.56 Å². The third-order valence-electron chi connectivity index (χ3n) is 5.62. The number of hydrogen-bond donors (Lipinski definition) is 1. The fourth-order valence-electron chi connectivity index (χ4n) is 4.09. The zero-order chi connectivity index (χ0) is 22.7. The van der Waals surface area contributed by atoms with Crippen molar-refractivity contribution in [1.82, 2.24) is 14.7 Å². The van der Waals surface area contributed by atoms with E-state index >= 15 is 0 Å². The predicted molar refractivity (Wildman–Crippen MR) is 118 cm³/mol. The van der Waals surface area contributed by atoms with Crippen LogP contribution in [0.1, 0.15) is 21.8 Å². The second kappa shape index (κ2) is 9.29. The highest BCUT2D eigenvalue weighted by Gasteiger charge is 2.51. The third kappa shape index (κ3) is 4.46. The second-order valence-electron chi connectivity index (χ2n) is 8.29. The van der Waals surface area contributed by atoms with E-state index in [1.165, 1.54) is 4.90 Å². The Morgan fingerprint density at radius 1 is 1.06 bits per heavy atom. The summed E-state index contributed by atoms with van der Waals surface area (Å²) in [5.41, 5.74) is 3.39. The van der Waals surface area contributed by atoms with Crippen LogP contribution in [-0.2, 0) is 4.79 Å². The molecule has 0 aliphatic carbocycles. The van der Waals surface area contributed by atoms with E-state index in [-0.39, 0.29) is 30.9 Å². The van der Waals surface area contributed by atoms with Crippen LogP contribution in [0.3, 0.4) is 0 Å². The van der Waals surface area contributed by atoms with Gasteiger partial charge in [-0.2, -0.15) is 5.26 Å². The molecule has 162 valence electrons. The van der Waals surface area contributed by atoms with Gasteiger partial charge in [0.15, 0.2) is 0 Å². The Kier molecular flexibility index (Phi) is 6.74. The van der Waals surface area contributed by atoms with Crippen molar-refractivity contribution in [3.8, 4) is 17.2 Å². The molecule has 1 saturated heterocycles. The lowest BCUT2D eigenvalue weighted by Gasteiger charge is -2.51. The largest absolute Gasteiger partial charge is 0.394 e. The molecule has 0 bridgehead atoms. The smallest absolute Gasteiger partial charge is 0.253 e. The molecular weight excluding hydrogens is 392 g/mol. The quantitative estimate of drug-likeness (QED) is 0.770. The van der Waals surface area contributed by atoms with Gasteiger partial charge in [0.1, 0.15) is 6.04 Å². The fourth-order valence-corrected chi connectivity index (χ4v) is 4.09. The molecule has 7 heteroatoms. The minimum Gasteiger partial charge on any atom is -0.394 e. The van der Waals surface area contributed by atoms with Gasteiger partial charge in [0.25, 0.3) is 5.91 Å². The molecule has 2 aromatic rings. The van der Waals surface area contributed by atoms with Crippen molar-refractivity contribution < 1.29 is 14.7 Å². The average molecular weight is 421 g/mol. The van der Waals surface area contributed by atoms with Crippen LogP contribution in [0.2, 0.25) is 0 Å². The van der Waals surface area contributed by atoms with Crippen LogP contribution in [0.15, 0.2) is 48.5 Å². The molecule has 1 N–H and O–H groups in total. The van der Waals surface area contributed by atoms with E-state index in [4.69, 9.17) is 0 Å². The maximum atomic E-state index is 12.5. The number of carbonyl (C=O) groups excluding carboxylic acids is 2. The highest BCUT2D eigenvalue weighted by molar-refractivity contribution is 5.95. The van der Waals surface area contributed by atoms with E-state index < -0.39 is 12.1 Å². The summed E-state index contributed by atoms with van der Waals surface area (Å²) in [4.78, 5) is 29.5. The van der Waals surface area contributed by atoms with Crippen LogP contribution in [0.25, 0.3) is 11.1 Å². The van der Waals surface area contributed by atoms with Gasteiger partial charge in [-0.15, -0.1) is 0 Å². The zero-order valence-electron chi connectivity index (χ0n) is 18.3. The van der Waals surface area contributed by atoms with E-state index in [1.54, 1.807) is 44.1 Å². The maximum Gasteiger partial charge on any atom is 0.253 e. The number of nitriles is 1. The Hall–Kier alpha value is -3.21. The van der Waals surface area contributed by atoms with E-state index in [9.17, 15) is 20.0 Å². The lowest BCUT2D eigenvalue weighted by atomic mass is 9.75. The van der Waals surface area contributed by atoms with Gasteiger partial charge in [-0.05, 0) is 42.9 Å². The number of aliphatic hydroxyl groups is 1. The summed E-state index contributed by atoms with van der Waals surface area (Å²) in [7, 11) is 7.03. The molecule has 2 amide bonds. The topological polar surface area (TPSA) is 87.9 Å². The molecule has 0 unspecified atom stereocenters. The Labute approximate surface area is 183 Å². The summed E-state index contributed by atoms with van der Waals surface area (Å²) in [6.45, 7) is 0.000800. The Balaban J connectivity index is 1.83. The van der Waals surface area contributed by atoms with Crippen LogP contribution in [0.4, 0.5) is 0 Å². The molecule has 0 saturated carbocycles. The van der Waals surface area contributed by atoms with Crippen LogP contribution >= 0.6 is 0 Å². The number of amides is 2. The normalized spacial score (nSPS) is 20.2. The molecule has 31 heavy (non-hydrogen) atoms. The lowest BCUT2D eigenvalue weighted by Crippen LogP contribution is -2.66. The number of likely N-dealkylation sites (tertiary alicyclic amines) is 1. The van der Waals surface area contributed by atoms with Gasteiger partial charge in [-0.1, -0.05) is 36.4 Å². The maximum absolute atomic E-state index is 12.5. The summed E-state index contributed by atoms with van der Waals surface area (Å²) >= 11 is 0. The van der Waals surface area contributed by atoms with Crippen molar-refractivity contribution in [2.75, 3.05) is 41.3 Å². The molecule has 7 nitrogen and oxygen atoms in total. The van der Waals surface area contributed by atoms with Crippen molar-refractivity contribution >= 4 is 11.8 Å². The van der Waals surface area contributed by atoms with Gasteiger partial charge in [0.2, 0.25) is 5.91 Å². The number of nitrogens with zero attached hydrogens (tertiary/aromatic N) is 4. The van der Waals surface area contributed by atoms with Crippen LogP contribution < -0.4 is 0 Å². The van der Waals surface area contributed by atoms with Gasteiger partial charge < -0.3 is 19.8 Å². The summed E-state index contributed by atoms with van der Waals surface area (Å²) < 4.78 is 0. The number of benzene rings is 2. The minimum absolute atomic E-state index is 0.0573. The van der Waals surface area contributed by atoms with Crippen LogP contribution in [-0.4, -0.2) is 85.0 Å². The van der Waals surface area contributed by atoms with Crippen molar-refractivity contribution in [2.45, 2.75) is 18.0 Å². The van der Waals surface area contributed by atoms with Crippen molar-refractivity contribution in [1.29, 1.82) is 5.26 Å². The van der Waals surface area contributed by atoms with Gasteiger partial charge >= 0.3 is 0 Å². The first-order valence-corrected chi connectivity index (χ1v) is 10.2. The number of aliphatic hydroxyl groups excluding tert-OH is 1. The predicted octanol–water partition coefficient (Wildman–Crippen LogP) is 1.80. The third-order valence-corrected chi connectivity index (χ3v) is 5.62. The van der Waals surface area contributed by atoms with Gasteiger partial charge in [0.05, 0.1) is 25.3 Å². The number of rotatable bonds is 6. The van der Waals surface area contributed by atoms with E-state index in [1.807, 2.05) is 42.5 Å². The molecule has 1 aliphatic rings. The van der Waals surface area contributed by atoms with Gasteiger partial charge in [-0.25, -0.2) is 0 Å². The highest BCUT2D eigenvalue weighted by Crippen LogP contribution is 2.41. The molecule has 0 radical (unpaired) electrons. The lowest BCUT2D eigenvalue weighted by molar-refractivity contribution is -0.147. The average Bonchev–Trinajstić information content (AvgIpc) is 2.73. The molecule has 1 heterocycles. The molecule has 0 aromatic heterocycles. The minimum atomic E-state index is -0.600. The summed E-state index contributed by atoms with van der Waals surface area (Å²) in [6, 6.07) is 16.4. The van der Waals surface area contributed by atoms with E-state index in [2.05, 4.69) is 6.07 Å². The first-order valence-electron chi connectivity index (χ1n) is 10.2. The zero-order valence-corrected chi connectivity index (χ0v) is 18.3. The van der Waals surface area contributed by atoms with Crippen molar-refractivity contribution in [2.24, 2.45) is 0 Å². The number of hydrogen-bond acceptors (Lipinski definition) is 5. The van der Waals surface area contributed by atoms with Crippen LogP contribution in [0, 0.1) is 11.3 Å². The number of likely N-dealkylation sites (N-methyl/N-ethyl adjacent to an activating group) is 1. The summed E-state index contributed by atoms with van der Waals surface area (Å²) in [5, 5.41) is 19.6. The first kappa shape index (κ1) is 22.5. The standard InChI is InChI=1S/C24H28N4O3/c1-26(2)14-22(30)28-20(13-25)23(21(28)15-29)17-10-8-16(9-11-17)18-6-5-7-19(12-18)24(31)27(3)4/h5-12,20-21,23,29H,14-15H2,1-4H3/t20-,21+,23-/m0/s1. The Bertz CT molecular complexity index is 995. The monoisotopic (exact) mass is 420 g/mol. The Morgan fingerprint density at radius 2 is 1.74 bits per heavy atom. The molecule has 2 aromatic carbocycles. The molecule has 3 rings (SSSR count). The molecule has 3 atom stereocenters. The highest BCUT2D eigenvalue weighted by atomic mass is 16.3. The SMILES string of the molecule is CN(C)CC(=O)N1[C@H](CO)[C@@H](c2ccc(-c3cccc(C(=O)N(C)C)c3)cc2)[C@@H]1C#N. The molecule has 0 spiro atoms. The summed E-state index contributed by atoms with van der Waals surface area (Å²) in [6.07, 6.45) is 0. The fraction of sp³-hybridized carbons (Fsp3) is 0.375. The number of carbonyl (C=O) groups is 2. The van der Waals surface area contributed by atoms with Gasteiger partial charge in [0, 0.05) is 25.6 Å². The van der Waals surface area contributed by atoms with Crippen molar-refractivity contribution in [3.05, 3.63) is 59.7 Å². The molecule has 1 aliphatic heterocycles.